The first-order valence-corrected chi connectivity index (χ1v) is 5.74. The van der Waals surface area contributed by atoms with Crippen molar-refractivity contribution in [2.45, 2.75) is 64.5 Å². The van der Waals surface area contributed by atoms with Gasteiger partial charge in [-0.1, -0.05) is 13.3 Å². The Hall–Kier alpha value is -0.370. The maximum atomic E-state index is 11.8. The summed E-state index contributed by atoms with van der Waals surface area (Å²) in [5.41, 5.74) is 0.150. The van der Waals surface area contributed by atoms with E-state index in [4.69, 9.17) is 0 Å². The van der Waals surface area contributed by atoms with Gasteiger partial charge in [0.15, 0.2) is 0 Å². The average Bonchev–Trinajstić information content (AvgIpc) is 2.17. The fourth-order valence-electron chi connectivity index (χ4n) is 2.05. The average molecular weight is 197 g/mol. The van der Waals surface area contributed by atoms with Gasteiger partial charge in [0.2, 0.25) is 0 Å². The minimum atomic E-state index is 0.150. The lowest BCUT2D eigenvalue weighted by atomic mass is 9.89. The zero-order valence-corrected chi connectivity index (χ0v) is 9.97. The second-order valence-electron chi connectivity index (χ2n) is 5.00. The summed E-state index contributed by atoms with van der Waals surface area (Å²) < 4.78 is 0. The maximum absolute atomic E-state index is 11.8. The molecule has 0 amide bonds. The van der Waals surface area contributed by atoms with E-state index in [2.05, 4.69) is 32.7 Å². The highest BCUT2D eigenvalue weighted by Crippen LogP contribution is 2.26. The van der Waals surface area contributed by atoms with Crippen LogP contribution in [0.25, 0.3) is 0 Å². The number of ketones is 1. The molecule has 0 aliphatic heterocycles. The van der Waals surface area contributed by atoms with Crippen LogP contribution in [0.15, 0.2) is 0 Å². The normalized spacial score (nSPS) is 24.4. The zero-order chi connectivity index (χ0) is 10.8. The molecule has 0 aromatic rings. The van der Waals surface area contributed by atoms with Crippen molar-refractivity contribution < 1.29 is 4.79 Å². The summed E-state index contributed by atoms with van der Waals surface area (Å²) in [5.74, 6) is 0.445. The predicted molar refractivity (Wildman–Crippen MR) is 59.4 cm³/mol. The SMILES string of the molecule is CCC(C)(C)N(C)C1CCCCC1=O. The van der Waals surface area contributed by atoms with E-state index in [1.54, 1.807) is 0 Å². The van der Waals surface area contributed by atoms with Crippen molar-refractivity contribution in [3.05, 3.63) is 0 Å². The number of carbonyl (C=O) groups excluding carboxylic acids is 1. The molecule has 0 aromatic heterocycles. The van der Waals surface area contributed by atoms with Crippen molar-refractivity contribution in [2.75, 3.05) is 7.05 Å². The molecule has 82 valence electrons. The van der Waals surface area contributed by atoms with Crippen molar-refractivity contribution in [3.8, 4) is 0 Å². The largest absolute Gasteiger partial charge is 0.298 e. The van der Waals surface area contributed by atoms with Crippen LogP contribution in [0, 0.1) is 0 Å². The van der Waals surface area contributed by atoms with Crippen LogP contribution in [-0.2, 0) is 4.79 Å². The number of nitrogens with zero attached hydrogens (tertiary/aromatic N) is 1. The topological polar surface area (TPSA) is 20.3 Å². The van der Waals surface area contributed by atoms with Crippen LogP contribution in [-0.4, -0.2) is 29.3 Å². The van der Waals surface area contributed by atoms with Gasteiger partial charge in [0.1, 0.15) is 5.78 Å². The van der Waals surface area contributed by atoms with Crippen LogP contribution < -0.4 is 0 Å². The van der Waals surface area contributed by atoms with Crippen molar-refractivity contribution >= 4 is 5.78 Å². The van der Waals surface area contributed by atoms with E-state index in [0.29, 0.717) is 5.78 Å². The van der Waals surface area contributed by atoms with Crippen molar-refractivity contribution in [1.82, 2.24) is 4.90 Å². The highest BCUT2D eigenvalue weighted by atomic mass is 16.1. The van der Waals surface area contributed by atoms with Crippen LogP contribution in [0.3, 0.4) is 0 Å². The molecule has 1 fully saturated rings. The Kier molecular flexibility index (Phi) is 3.71. The number of carbonyl (C=O) groups is 1. The van der Waals surface area contributed by atoms with Gasteiger partial charge in [0.25, 0.3) is 0 Å². The summed E-state index contributed by atoms with van der Waals surface area (Å²) >= 11 is 0. The van der Waals surface area contributed by atoms with E-state index < -0.39 is 0 Å². The molecule has 0 bridgehead atoms. The quantitative estimate of drug-likeness (QED) is 0.693. The zero-order valence-electron chi connectivity index (χ0n) is 9.97. The van der Waals surface area contributed by atoms with Gasteiger partial charge in [-0.3, -0.25) is 9.69 Å². The lowest BCUT2D eigenvalue weighted by Crippen LogP contribution is -2.51. The first-order chi connectivity index (χ1) is 6.49. The molecule has 0 aromatic carbocycles. The van der Waals surface area contributed by atoms with Gasteiger partial charge in [-0.15, -0.1) is 0 Å². The van der Waals surface area contributed by atoms with Gasteiger partial charge >= 0.3 is 0 Å². The number of rotatable bonds is 3. The summed E-state index contributed by atoms with van der Waals surface area (Å²) in [6.45, 7) is 6.62. The number of hydrogen-bond donors (Lipinski definition) is 0. The second kappa shape index (κ2) is 4.43. The Balaban J connectivity index is 2.67. The molecule has 1 rings (SSSR count). The van der Waals surface area contributed by atoms with Gasteiger partial charge in [0, 0.05) is 12.0 Å². The Morgan fingerprint density at radius 2 is 2.07 bits per heavy atom. The smallest absolute Gasteiger partial charge is 0.149 e. The third-order valence-electron chi connectivity index (χ3n) is 3.81. The fraction of sp³-hybridized carbons (Fsp3) is 0.917. The number of Topliss-reactive ketones (excluding diaryl/α,β-unsaturated/α-hetero) is 1. The molecular weight excluding hydrogens is 174 g/mol. The summed E-state index contributed by atoms with van der Waals surface area (Å²) in [4.78, 5) is 14.0. The first-order valence-electron chi connectivity index (χ1n) is 5.74. The van der Waals surface area contributed by atoms with Crippen LogP contribution in [0.2, 0.25) is 0 Å². The van der Waals surface area contributed by atoms with E-state index in [9.17, 15) is 4.79 Å². The summed E-state index contributed by atoms with van der Waals surface area (Å²) in [6.07, 6.45) is 5.23. The van der Waals surface area contributed by atoms with E-state index in [0.717, 1.165) is 25.7 Å². The van der Waals surface area contributed by atoms with Gasteiger partial charge < -0.3 is 0 Å². The third kappa shape index (κ3) is 2.35. The molecule has 2 heteroatoms. The van der Waals surface area contributed by atoms with Crippen LogP contribution in [0.4, 0.5) is 0 Å². The molecule has 2 nitrogen and oxygen atoms in total. The lowest BCUT2D eigenvalue weighted by molar-refractivity contribution is -0.127. The lowest BCUT2D eigenvalue weighted by Gasteiger charge is -2.41. The number of hydrogen-bond acceptors (Lipinski definition) is 2. The van der Waals surface area contributed by atoms with Crippen LogP contribution in [0.5, 0.6) is 0 Å². The third-order valence-corrected chi connectivity index (χ3v) is 3.81. The van der Waals surface area contributed by atoms with Gasteiger partial charge in [0.05, 0.1) is 6.04 Å². The Morgan fingerprint density at radius 1 is 1.43 bits per heavy atom. The summed E-state index contributed by atoms with van der Waals surface area (Å²) in [7, 11) is 2.09. The molecule has 1 saturated carbocycles. The maximum Gasteiger partial charge on any atom is 0.149 e. The van der Waals surface area contributed by atoms with Gasteiger partial charge in [-0.05, 0) is 40.2 Å². The van der Waals surface area contributed by atoms with E-state index in [1.165, 1.54) is 6.42 Å². The van der Waals surface area contributed by atoms with Gasteiger partial charge in [-0.25, -0.2) is 0 Å². The number of likely N-dealkylation sites (N-methyl/N-ethyl adjacent to an activating group) is 1. The first kappa shape index (κ1) is 11.7. The molecule has 0 saturated heterocycles. The minimum absolute atomic E-state index is 0.150. The Labute approximate surface area is 87.7 Å². The van der Waals surface area contributed by atoms with E-state index in [1.807, 2.05) is 0 Å². The predicted octanol–water partition coefficient (Wildman–Crippen LogP) is 2.62. The molecular formula is C12H23NO. The molecule has 1 aliphatic carbocycles. The Bertz CT molecular complexity index is 210. The summed E-state index contributed by atoms with van der Waals surface area (Å²) in [6, 6.07) is 0.179. The van der Waals surface area contributed by atoms with Crippen molar-refractivity contribution in [3.63, 3.8) is 0 Å². The minimum Gasteiger partial charge on any atom is -0.298 e. The standard InChI is InChI=1S/C12H23NO/c1-5-12(2,3)13(4)10-8-6-7-9-11(10)14/h10H,5-9H2,1-4H3. The van der Waals surface area contributed by atoms with Crippen molar-refractivity contribution in [2.24, 2.45) is 0 Å². The molecule has 1 atom stereocenters. The van der Waals surface area contributed by atoms with E-state index >= 15 is 0 Å². The fourth-order valence-corrected chi connectivity index (χ4v) is 2.05. The molecule has 0 heterocycles. The van der Waals surface area contributed by atoms with Crippen LogP contribution in [0.1, 0.15) is 52.9 Å². The highest BCUT2D eigenvalue weighted by Gasteiger charge is 2.33. The molecule has 1 unspecified atom stereocenters. The summed E-state index contributed by atoms with van der Waals surface area (Å²) in [5, 5.41) is 0. The molecule has 0 spiro atoms. The second-order valence-corrected chi connectivity index (χ2v) is 5.00. The van der Waals surface area contributed by atoms with Crippen LogP contribution >= 0.6 is 0 Å². The van der Waals surface area contributed by atoms with Gasteiger partial charge in [-0.2, -0.15) is 0 Å². The van der Waals surface area contributed by atoms with Crippen molar-refractivity contribution in [1.29, 1.82) is 0 Å². The molecule has 14 heavy (non-hydrogen) atoms. The van der Waals surface area contributed by atoms with E-state index in [-0.39, 0.29) is 11.6 Å². The highest BCUT2D eigenvalue weighted by molar-refractivity contribution is 5.84. The molecule has 1 aliphatic rings. The monoisotopic (exact) mass is 197 g/mol. The Morgan fingerprint density at radius 3 is 2.57 bits per heavy atom. The molecule has 0 radical (unpaired) electrons. The molecule has 0 N–H and O–H groups in total.